The fraction of sp³-hybridized carbons (Fsp3) is 0.538. The highest BCUT2D eigenvalue weighted by Gasteiger charge is 2.04. The van der Waals surface area contributed by atoms with Crippen LogP contribution in [0.1, 0.15) is 37.4 Å². The molecule has 2 atom stereocenters. The molecule has 3 N–H and O–H groups in total. The van der Waals surface area contributed by atoms with E-state index in [4.69, 9.17) is 15.6 Å². The van der Waals surface area contributed by atoms with E-state index in [1.54, 1.807) is 6.92 Å². The largest absolute Gasteiger partial charge is 0.493 e. The fourth-order valence-electron chi connectivity index (χ4n) is 1.46. The van der Waals surface area contributed by atoms with Crippen LogP contribution in [-0.4, -0.2) is 17.8 Å². The summed E-state index contributed by atoms with van der Waals surface area (Å²) in [4.78, 5) is 0. The van der Waals surface area contributed by atoms with Gasteiger partial charge in [-0.3, -0.25) is 0 Å². The molecule has 0 amide bonds. The molecule has 3 heteroatoms. The van der Waals surface area contributed by atoms with E-state index < -0.39 is 0 Å². The minimum absolute atomic E-state index is 0.0465. The van der Waals surface area contributed by atoms with E-state index in [1.807, 2.05) is 32.0 Å². The van der Waals surface area contributed by atoms with Gasteiger partial charge < -0.3 is 15.6 Å². The molecule has 1 aromatic rings. The highest BCUT2D eigenvalue weighted by molar-refractivity contribution is 5.37. The highest BCUT2D eigenvalue weighted by atomic mass is 16.5. The molecule has 0 heterocycles. The van der Waals surface area contributed by atoms with Crippen LogP contribution in [0.25, 0.3) is 0 Å². The van der Waals surface area contributed by atoms with E-state index in [1.165, 1.54) is 0 Å². The van der Waals surface area contributed by atoms with Crippen LogP contribution in [0.4, 0.5) is 0 Å². The lowest BCUT2D eigenvalue weighted by molar-refractivity contribution is 0.155. The predicted molar refractivity (Wildman–Crippen MR) is 65.6 cm³/mol. The Labute approximate surface area is 97.2 Å². The van der Waals surface area contributed by atoms with Gasteiger partial charge in [0.2, 0.25) is 0 Å². The van der Waals surface area contributed by atoms with Crippen molar-refractivity contribution >= 4 is 0 Å². The molecule has 0 aliphatic rings. The average Bonchev–Trinajstić information content (AvgIpc) is 2.19. The lowest BCUT2D eigenvalue weighted by Crippen LogP contribution is -2.09. The summed E-state index contributed by atoms with van der Waals surface area (Å²) in [7, 11) is 0. The molecule has 0 bridgehead atoms. The van der Waals surface area contributed by atoms with Crippen molar-refractivity contribution in [3.8, 4) is 5.75 Å². The van der Waals surface area contributed by atoms with Crippen molar-refractivity contribution in [2.24, 2.45) is 5.73 Å². The highest BCUT2D eigenvalue weighted by Crippen LogP contribution is 2.22. The van der Waals surface area contributed by atoms with Crippen molar-refractivity contribution < 1.29 is 9.84 Å². The number of aryl methyl sites for hydroxylation is 1. The van der Waals surface area contributed by atoms with E-state index in [2.05, 4.69) is 0 Å². The maximum absolute atomic E-state index is 9.12. The van der Waals surface area contributed by atoms with Crippen LogP contribution < -0.4 is 10.5 Å². The quantitative estimate of drug-likeness (QED) is 0.804. The summed E-state index contributed by atoms with van der Waals surface area (Å²) in [5.74, 6) is 0.866. The molecule has 0 radical (unpaired) electrons. The van der Waals surface area contributed by atoms with Crippen LogP contribution in [0.3, 0.4) is 0 Å². The van der Waals surface area contributed by atoms with Crippen LogP contribution in [0.15, 0.2) is 18.2 Å². The summed E-state index contributed by atoms with van der Waals surface area (Å²) in [6.07, 6.45) is 0.331. The SMILES string of the molecule is Cc1cc(C(C)N)ccc1OCCC(C)O. The lowest BCUT2D eigenvalue weighted by atomic mass is 10.1. The molecule has 0 saturated heterocycles. The number of ether oxygens (including phenoxy) is 1. The third-order valence-corrected chi connectivity index (χ3v) is 2.52. The Kier molecular flexibility index (Phi) is 4.77. The fourth-order valence-corrected chi connectivity index (χ4v) is 1.46. The molecular formula is C13H21NO2. The first-order chi connectivity index (χ1) is 7.50. The van der Waals surface area contributed by atoms with Gasteiger partial charge in [0.05, 0.1) is 12.7 Å². The van der Waals surface area contributed by atoms with Gasteiger partial charge in [0, 0.05) is 12.5 Å². The van der Waals surface area contributed by atoms with E-state index in [9.17, 15) is 0 Å². The second-order valence-corrected chi connectivity index (χ2v) is 4.30. The monoisotopic (exact) mass is 223 g/mol. The van der Waals surface area contributed by atoms with Crippen LogP contribution in [0, 0.1) is 6.92 Å². The second-order valence-electron chi connectivity index (χ2n) is 4.30. The van der Waals surface area contributed by atoms with Gasteiger partial charge in [-0.15, -0.1) is 0 Å². The molecule has 1 rings (SSSR count). The molecule has 0 fully saturated rings. The lowest BCUT2D eigenvalue weighted by Gasteiger charge is -2.12. The zero-order chi connectivity index (χ0) is 12.1. The van der Waals surface area contributed by atoms with Gasteiger partial charge in [-0.2, -0.15) is 0 Å². The van der Waals surface area contributed by atoms with Gasteiger partial charge in [0.1, 0.15) is 5.75 Å². The first kappa shape index (κ1) is 13.0. The molecular weight excluding hydrogens is 202 g/mol. The molecule has 0 aromatic heterocycles. The third kappa shape index (κ3) is 3.83. The van der Waals surface area contributed by atoms with Crippen molar-refractivity contribution in [2.45, 2.75) is 39.3 Å². The van der Waals surface area contributed by atoms with Gasteiger partial charge >= 0.3 is 0 Å². The Hall–Kier alpha value is -1.06. The molecule has 16 heavy (non-hydrogen) atoms. The summed E-state index contributed by atoms with van der Waals surface area (Å²) in [6, 6.07) is 6.01. The number of aliphatic hydroxyl groups excluding tert-OH is 1. The second kappa shape index (κ2) is 5.87. The maximum atomic E-state index is 9.12. The van der Waals surface area contributed by atoms with Crippen LogP contribution in [0.5, 0.6) is 5.75 Å². The summed E-state index contributed by atoms with van der Waals surface area (Å²) in [6.45, 7) is 6.26. The van der Waals surface area contributed by atoms with E-state index in [0.29, 0.717) is 13.0 Å². The van der Waals surface area contributed by atoms with Gasteiger partial charge in [-0.1, -0.05) is 12.1 Å². The Morgan fingerprint density at radius 2 is 2.06 bits per heavy atom. The third-order valence-electron chi connectivity index (χ3n) is 2.52. The summed E-state index contributed by atoms with van der Waals surface area (Å²) in [5, 5.41) is 9.12. The normalized spacial score (nSPS) is 14.6. The Morgan fingerprint density at radius 3 is 2.56 bits per heavy atom. The number of rotatable bonds is 5. The predicted octanol–water partition coefficient (Wildman–Crippen LogP) is 2.16. The van der Waals surface area contributed by atoms with E-state index >= 15 is 0 Å². The molecule has 2 unspecified atom stereocenters. The van der Waals surface area contributed by atoms with Gasteiger partial charge in [0.15, 0.2) is 0 Å². The minimum atomic E-state index is -0.316. The van der Waals surface area contributed by atoms with Crippen LogP contribution in [-0.2, 0) is 0 Å². The maximum Gasteiger partial charge on any atom is 0.122 e. The van der Waals surface area contributed by atoms with Crippen LogP contribution >= 0.6 is 0 Å². The van der Waals surface area contributed by atoms with Crippen LogP contribution in [0.2, 0.25) is 0 Å². The molecule has 0 spiro atoms. The van der Waals surface area contributed by atoms with Gasteiger partial charge in [-0.25, -0.2) is 0 Å². The van der Waals surface area contributed by atoms with Crippen molar-refractivity contribution in [2.75, 3.05) is 6.61 Å². The molecule has 1 aromatic carbocycles. The van der Waals surface area contributed by atoms with Gasteiger partial charge in [0.25, 0.3) is 0 Å². The first-order valence-electron chi connectivity index (χ1n) is 5.67. The molecule has 90 valence electrons. The zero-order valence-electron chi connectivity index (χ0n) is 10.2. The Balaban J connectivity index is 2.61. The zero-order valence-corrected chi connectivity index (χ0v) is 10.2. The number of hydrogen-bond donors (Lipinski definition) is 2. The van der Waals surface area contributed by atoms with Crippen molar-refractivity contribution in [3.63, 3.8) is 0 Å². The minimum Gasteiger partial charge on any atom is -0.493 e. The van der Waals surface area contributed by atoms with E-state index in [-0.39, 0.29) is 12.1 Å². The Bertz CT molecular complexity index is 335. The van der Waals surface area contributed by atoms with Crippen molar-refractivity contribution in [1.82, 2.24) is 0 Å². The number of aliphatic hydroxyl groups is 1. The average molecular weight is 223 g/mol. The summed E-state index contributed by atoms with van der Waals surface area (Å²) >= 11 is 0. The molecule has 0 aliphatic carbocycles. The smallest absolute Gasteiger partial charge is 0.122 e. The molecule has 0 saturated carbocycles. The molecule has 3 nitrogen and oxygen atoms in total. The number of hydrogen-bond acceptors (Lipinski definition) is 3. The van der Waals surface area contributed by atoms with E-state index in [0.717, 1.165) is 16.9 Å². The topological polar surface area (TPSA) is 55.5 Å². The first-order valence-corrected chi connectivity index (χ1v) is 5.67. The van der Waals surface area contributed by atoms with Crippen molar-refractivity contribution in [3.05, 3.63) is 29.3 Å². The number of nitrogens with two attached hydrogens (primary N) is 1. The standard InChI is InChI=1S/C13H21NO2/c1-9-8-12(11(3)14)4-5-13(9)16-7-6-10(2)15/h4-5,8,10-11,15H,6-7,14H2,1-3H3. The van der Waals surface area contributed by atoms with Crippen molar-refractivity contribution in [1.29, 1.82) is 0 Å². The summed E-state index contributed by atoms with van der Waals surface area (Å²) < 4.78 is 5.58. The molecule has 0 aliphatic heterocycles. The van der Waals surface area contributed by atoms with Gasteiger partial charge in [-0.05, 0) is 38.0 Å². The Morgan fingerprint density at radius 1 is 1.38 bits per heavy atom. The summed E-state index contributed by atoms with van der Waals surface area (Å²) in [5.41, 5.74) is 7.99. The number of benzene rings is 1.